The summed E-state index contributed by atoms with van der Waals surface area (Å²) in [4.78, 5) is 11.4. The Morgan fingerprint density at radius 2 is 1.92 bits per heavy atom. The van der Waals surface area contributed by atoms with Crippen molar-refractivity contribution >= 4 is 5.97 Å². The largest absolute Gasteiger partial charge is 0.459 e. The zero-order chi connectivity index (χ0) is 10.6. The van der Waals surface area contributed by atoms with Gasteiger partial charge in [-0.1, -0.05) is 20.3 Å². The van der Waals surface area contributed by atoms with Gasteiger partial charge in [-0.2, -0.15) is 0 Å². The molecule has 0 saturated carbocycles. The highest BCUT2D eigenvalue weighted by Gasteiger charge is 2.25. The molecule has 0 heterocycles. The third-order valence-electron chi connectivity index (χ3n) is 1.94. The lowest BCUT2D eigenvalue weighted by atomic mass is 10.00. The van der Waals surface area contributed by atoms with Crippen LogP contribution in [0.3, 0.4) is 0 Å². The van der Waals surface area contributed by atoms with Gasteiger partial charge in [-0.3, -0.25) is 4.79 Å². The maximum atomic E-state index is 11.4. The van der Waals surface area contributed by atoms with Crippen molar-refractivity contribution in [2.45, 2.75) is 52.7 Å². The summed E-state index contributed by atoms with van der Waals surface area (Å²) < 4.78 is 5.16. The summed E-state index contributed by atoms with van der Waals surface area (Å²) in [5.74, 6) is -0.128. The average molecular weight is 187 g/mol. The Morgan fingerprint density at radius 1 is 1.46 bits per heavy atom. The van der Waals surface area contributed by atoms with Crippen molar-refractivity contribution in [2.75, 3.05) is 0 Å². The third-order valence-corrected chi connectivity index (χ3v) is 1.94. The van der Waals surface area contributed by atoms with Crippen LogP contribution >= 0.6 is 0 Å². The van der Waals surface area contributed by atoms with Crippen molar-refractivity contribution < 1.29 is 9.53 Å². The van der Waals surface area contributed by atoms with Crippen LogP contribution in [0.4, 0.5) is 0 Å². The van der Waals surface area contributed by atoms with Crippen LogP contribution in [-0.2, 0) is 9.53 Å². The van der Waals surface area contributed by atoms with Gasteiger partial charge in [-0.25, -0.2) is 0 Å². The molecule has 0 aliphatic carbocycles. The molecule has 0 aromatic rings. The maximum absolute atomic E-state index is 11.4. The van der Waals surface area contributed by atoms with Gasteiger partial charge in [0.15, 0.2) is 0 Å². The summed E-state index contributed by atoms with van der Waals surface area (Å²) in [6.07, 6.45) is 0.889. The van der Waals surface area contributed by atoms with E-state index < -0.39 is 11.6 Å². The Kier molecular flexibility index (Phi) is 4.40. The van der Waals surface area contributed by atoms with Gasteiger partial charge in [-0.15, -0.1) is 0 Å². The van der Waals surface area contributed by atoms with E-state index in [9.17, 15) is 4.79 Å². The second kappa shape index (κ2) is 4.61. The highest BCUT2D eigenvalue weighted by Crippen LogP contribution is 2.12. The molecule has 0 radical (unpaired) electrons. The smallest absolute Gasteiger partial charge is 0.323 e. The molecule has 2 atom stereocenters. The quantitative estimate of drug-likeness (QED) is 0.684. The summed E-state index contributed by atoms with van der Waals surface area (Å²) in [6, 6.07) is -0.496. The minimum Gasteiger partial charge on any atom is -0.459 e. The fourth-order valence-corrected chi connectivity index (χ4v) is 0.856. The fourth-order valence-electron chi connectivity index (χ4n) is 0.856. The lowest BCUT2D eigenvalue weighted by molar-refractivity contribution is -0.157. The zero-order valence-corrected chi connectivity index (χ0v) is 9.26. The second-order valence-corrected chi connectivity index (χ2v) is 4.44. The average Bonchev–Trinajstić information content (AvgIpc) is 1.98. The van der Waals surface area contributed by atoms with Crippen LogP contribution in [-0.4, -0.2) is 17.6 Å². The lowest BCUT2D eigenvalue weighted by Crippen LogP contribution is -2.41. The highest BCUT2D eigenvalue weighted by atomic mass is 16.6. The minimum absolute atomic E-state index is 0.176. The van der Waals surface area contributed by atoms with Crippen LogP contribution in [0.15, 0.2) is 0 Å². The van der Waals surface area contributed by atoms with Crippen LogP contribution in [0, 0.1) is 5.92 Å². The van der Waals surface area contributed by atoms with E-state index in [1.165, 1.54) is 0 Å². The van der Waals surface area contributed by atoms with Gasteiger partial charge in [0.05, 0.1) is 0 Å². The van der Waals surface area contributed by atoms with Gasteiger partial charge < -0.3 is 10.5 Å². The van der Waals surface area contributed by atoms with Crippen molar-refractivity contribution in [3.05, 3.63) is 0 Å². The monoisotopic (exact) mass is 187 g/mol. The van der Waals surface area contributed by atoms with Gasteiger partial charge >= 0.3 is 5.97 Å². The molecule has 78 valence electrons. The highest BCUT2D eigenvalue weighted by molar-refractivity contribution is 5.76. The predicted molar refractivity (Wildman–Crippen MR) is 53.3 cm³/mol. The standard InChI is InChI=1S/C10H21NO2/c1-6-7(2)8(11)9(12)13-10(3,4)5/h7-8H,6,11H2,1-5H3/t7?,8-/m0/s1. The van der Waals surface area contributed by atoms with Gasteiger partial charge in [0.2, 0.25) is 0 Å². The Balaban J connectivity index is 4.12. The molecule has 0 aromatic heterocycles. The molecule has 3 heteroatoms. The number of nitrogens with two attached hydrogens (primary N) is 1. The number of esters is 1. The van der Waals surface area contributed by atoms with Crippen molar-refractivity contribution in [3.8, 4) is 0 Å². The van der Waals surface area contributed by atoms with E-state index in [1.807, 2.05) is 34.6 Å². The van der Waals surface area contributed by atoms with Gasteiger partial charge in [0.1, 0.15) is 11.6 Å². The molecule has 3 nitrogen and oxygen atoms in total. The summed E-state index contributed by atoms with van der Waals surface area (Å²) in [5.41, 5.74) is 5.26. The normalized spacial score (nSPS) is 16.5. The van der Waals surface area contributed by atoms with E-state index in [2.05, 4.69) is 0 Å². The first-order valence-electron chi connectivity index (χ1n) is 4.76. The van der Waals surface area contributed by atoms with Crippen LogP contribution in [0.5, 0.6) is 0 Å². The van der Waals surface area contributed by atoms with Gasteiger partial charge in [0, 0.05) is 0 Å². The molecule has 0 spiro atoms. The van der Waals surface area contributed by atoms with Crippen molar-refractivity contribution in [3.63, 3.8) is 0 Å². The van der Waals surface area contributed by atoms with E-state index in [-0.39, 0.29) is 11.9 Å². The molecular weight excluding hydrogens is 166 g/mol. The number of carbonyl (C=O) groups excluding carboxylic acids is 1. The molecule has 0 aromatic carbocycles. The SMILES string of the molecule is CCC(C)[C@H](N)C(=O)OC(C)(C)C. The molecule has 0 aliphatic rings. The zero-order valence-electron chi connectivity index (χ0n) is 9.26. The Morgan fingerprint density at radius 3 is 2.23 bits per heavy atom. The first kappa shape index (κ1) is 12.4. The molecule has 0 aliphatic heterocycles. The van der Waals surface area contributed by atoms with Crippen molar-refractivity contribution in [1.82, 2.24) is 0 Å². The maximum Gasteiger partial charge on any atom is 0.323 e. The summed E-state index contributed by atoms with van der Waals surface area (Å²) >= 11 is 0. The first-order chi connectivity index (χ1) is 5.78. The molecule has 0 amide bonds. The molecular formula is C10H21NO2. The summed E-state index contributed by atoms with van der Waals surface area (Å²) in [5, 5.41) is 0. The number of ether oxygens (including phenoxy) is 1. The topological polar surface area (TPSA) is 52.3 Å². The Hall–Kier alpha value is -0.570. The number of hydrogen-bond acceptors (Lipinski definition) is 3. The van der Waals surface area contributed by atoms with Crippen LogP contribution < -0.4 is 5.73 Å². The van der Waals surface area contributed by atoms with Gasteiger partial charge in [-0.05, 0) is 26.7 Å². The van der Waals surface area contributed by atoms with Crippen LogP contribution in [0.2, 0.25) is 0 Å². The third kappa shape index (κ3) is 4.88. The van der Waals surface area contributed by atoms with E-state index in [0.29, 0.717) is 0 Å². The van der Waals surface area contributed by atoms with E-state index in [0.717, 1.165) is 6.42 Å². The van der Waals surface area contributed by atoms with E-state index >= 15 is 0 Å². The minimum atomic E-state index is -0.496. The predicted octanol–water partition coefficient (Wildman–Crippen LogP) is 1.70. The molecule has 0 saturated heterocycles. The molecule has 0 rings (SSSR count). The number of rotatable bonds is 3. The molecule has 0 fully saturated rings. The summed E-state index contributed by atoms with van der Waals surface area (Å²) in [6.45, 7) is 9.49. The molecule has 2 N–H and O–H groups in total. The van der Waals surface area contributed by atoms with Gasteiger partial charge in [0.25, 0.3) is 0 Å². The molecule has 13 heavy (non-hydrogen) atoms. The Labute approximate surface area is 80.6 Å². The molecule has 1 unspecified atom stereocenters. The molecule has 0 bridgehead atoms. The summed E-state index contributed by atoms with van der Waals surface area (Å²) in [7, 11) is 0. The van der Waals surface area contributed by atoms with Crippen LogP contribution in [0.25, 0.3) is 0 Å². The van der Waals surface area contributed by atoms with Crippen molar-refractivity contribution in [1.29, 1.82) is 0 Å². The number of carbonyl (C=O) groups is 1. The van der Waals surface area contributed by atoms with Crippen LogP contribution in [0.1, 0.15) is 41.0 Å². The van der Waals surface area contributed by atoms with Crippen molar-refractivity contribution in [2.24, 2.45) is 11.7 Å². The Bertz CT molecular complexity index is 172. The first-order valence-corrected chi connectivity index (χ1v) is 4.76. The van der Waals surface area contributed by atoms with E-state index in [1.54, 1.807) is 0 Å². The lowest BCUT2D eigenvalue weighted by Gasteiger charge is -2.24. The number of hydrogen-bond donors (Lipinski definition) is 1. The van der Waals surface area contributed by atoms with E-state index in [4.69, 9.17) is 10.5 Å². The second-order valence-electron chi connectivity index (χ2n) is 4.44. The fraction of sp³-hybridized carbons (Fsp3) is 0.900.